The third-order valence-electron chi connectivity index (χ3n) is 3.77. The van der Waals surface area contributed by atoms with Crippen LogP contribution in [-0.2, 0) is 18.0 Å². The Bertz CT molecular complexity index is 1050. The molecule has 0 bridgehead atoms. The van der Waals surface area contributed by atoms with Crippen LogP contribution in [0.15, 0.2) is 32.7 Å². The Balaban J connectivity index is 2.68. The van der Waals surface area contributed by atoms with Gasteiger partial charge in [0.15, 0.2) is 0 Å². The molecule has 1 aromatic carbocycles. The van der Waals surface area contributed by atoms with Crippen LogP contribution in [0, 0.1) is 5.82 Å². The zero-order valence-corrected chi connectivity index (χ0v) is 16.3. The highest BCUT2D eigenvalue weighted by atomic mass is 35.5. The summed E-state index contributed by atoms with van der Waals surface area (Å²) in [6, 6.07) is 2.06. The molecule has 0 spiro atoms. The number of aromatic nitrogens is 2. The van der Waals surface area contributed by atoms with E-state index in [0.29, 0.717) is 0 Å². The lowest BCUT2D eigenvalue weighted by Gasteiger charge is -2.16. The summed E-state index contributed by atoms with van der Waals surface area (Å²) in [5.41, 5.74) is -4.77. The molecule has 12 heteroatoms. The van der Waals surface area contributed by atoms with Crippen LogP contribution in [-0.4, -0.2) is 27.3 Å². The molecule has 0 aliphatic heterocycles. The maximum Gasteiger partial charge on any atom is 0.431 e. The van der Waals surface area contributed by atoms with E-state index in [1.807, 2.05) is 0 Å². The van der Waals surface area contributed by atoms with Gasteiger partial charge in [-0.1, -0.05) is 11.6 Å². The number of carbonyl (C=O) groups excluding carboxylic acids is 1. The lowest BCUT2D eigenvalue weighted by molar-refractivity contribution is -0.144. The molecule has 0 saturated heterocycles. The van der Waals surface area contributed by atoms with Gasteiger partial charge in [0.1, 0.15) is 11.5 Å². The lowest BCUT2D eigenvalue weighted by Crippen LogP contribution is -2.41. The Kier molecular flexibility index (Phi) is 6.29. The average molecular weight is 440 g/mol. The number of rotatable bonds is 4. The number of halogens is 5. The summed E-state index contributed by atoms with van der Waals surface area (Å²) in [6.45, 7) is 1.55. The molecule has 2 rings (SSSR count). The Morgan fingerprint density at radius 2 is 1.86 bits per heavy atom. The topological polar surface area (TPSA) is 73.1 Å². The third-order valence-corrected chi connectivity index (χ3v) is 5.36. The molecule has 0 saturated carbocycles. The number of thioether (sulfide) groups is 1. The van der Waals surface area contributed by atoms with Crippen molar-refractivity contribution in [3.63, 3.8) is 0 Å². The van der Waals surface area contributed by atoms with E-state index < -0.39 is 39.9 Å². The van der Waals surface area contributed by atoms with Crippen molar-refractivity contribution in [2.24, 2.45) is 7.05 Å². The minimum absolute atomic E-state index is 0.0845. The second-order valence-electron chi connectivity index (χ2n) is 5.65. The summed E-state index contributed by atoms with van der Waals surface area (Å²) in [5, 5.41) is 1.69. The summed E-state index contributed by atoms with van der Waals surface area (Å²) in [4.78, 5) is 36.3. The Hall–Kier alpha value is -2.27. The van der Waals surface area contributed by atoms with E-state index in [9.17, 15) is 31.9 Å². The first-order valence-corrected chi connectivity index (χ1v) is 8.92. The van der Waals surface area contributed by atoms with Crippen LogP contribution in [0.3, 0.4) is 0 Å². The van der Waals surface area contributed by atoms with Gasteiger partial charge in [0, 0.05) is 25.1 Å². The molecular weight excluding hydrogens is 426 g/mol. The van der Waals surface area contributed by atoms with Gasteiger partial charge in [0.25, 0.3) is 5.56 Å². The second-order valence-corrected chi connectivity index (χ2v) is 7.44. The molecule has 2 aromatic rings. The van der Waals surface area contributed by atoms with E-state index in [2.05, 4.69) is 5.32 Å². The SMILES string of the molecule is CNC(=O)C(C)Sc1cc(-n2c(=O)cc(C(F)(F)F)n(C)c2=O)c(F)cc1Cl. The zero-order chi connectivity index (χ0) is 21.4. The first-order chi connectivity index (χ1) is 12.9. The number of hydrogen-bond acceptors (Lipinski definition) is 4. The van der Waals surface area contributed by atoms with Gasteiger partial charge in [-0.3, -0.25) is 14.2 Å². The maximum atomic E-state index is 14.4. The third kappa shape index (κ3) is 4.25. The number of amides is 1. The van der Waals surface area contributed by atoms with Crippen molar-refractivity contribution < 1.29 is 22.4 Å². The maximum absolute atomic E-state index is 14.4. The minimum atomic E-state index is -4.94. The fraction of sp³-hybridized carbons (Fsp3) is 0.312. The van der Waals surface area contributed by atoms with Gasteiger partial charge < -0.3 is 5.32 Å². The summed E-state index contributed by atoms with van der Waals surface area (Å²) >= 11 is 6.89. The molecule has 1 unspecified atom stereocenters. The highest BCUT2D eigenvalue weighted by Gasteiger charge is 2.35. The zero-order valence-electron chi connectivity index (χ0n) is 14.7. The molecule has 0 radical (unpaired) electrons. The predicted octanol–water partition coefficient (Wildman–Crippen LogP) is 2.57. The van der Waals surface area contributed by atoms with Crippen LogP contribution in [0.1, 0.15) is 12.6 Å². The summed E-state index contributed by atoms with van der Waals surface area (Å²) in [5.74, 6) is -1.43. The van der Waals surface area contributed by atoms with E-state index in [0.717, 1.165) is 30.9 Å². The largest absolute Gasteiger partial charge is 0.431 e. The van der Waals surface area contributed by atoms with Gasteiger partial charge in [-0.2, -0.15) is 13.2 Å². The van der Waals surface area contributed by atoms with Crippen LogP contribution < -0.4 is 16.6 Å². The van der Waals surface area contributed by atoms with E-state index in [1.54, 1.807) is 6.92 Å². The van der Waals surface area contributed by atoms with E-state index in [4.69, 9.17) is 11.6 Å². The fourth-order valence-corrected chi connectivity index (χ4v) is 3.59. The molecule has 1 N–H and O–H groups in total. The van der Waals surface area contributed by atoms with Gasteiger partial charge in [0.05, 0.1) is 16.0 Å². The lowest BCUT2D eigenvalue weighted by atomic mass is 10.3. The van der Waals surface area contributed by atoms with Crippen molar-refractivity contribution in [1.82, 2.24) is 14.5 Å². The standard InChI is InChI=1S/C16H14ClF4N3O3S/c1-7(14(26)22-2)28-11-5-10(9(18)4-8(11)17)24-13(25)6-12(16(19,20)21)23(3)15(24)27/h4-7H,1-3H3,(H,22,26). The molecule has 0 fully saturated rings. The fourth-order valence-electron chi connectivity index (χ4n) is 2.35. The molecule has 1 aromatic heterocycles. The van der Waals surface area contributed by atoms with Crippen LogP contribution in [0.2, 0.25) is 5.02 Å². The van der Waals surface area contributed by atoms with E-state index >= 15 is 0 Å². The monoisotopic (exact) mass is 439 g/mol. The summed E-state index contributed by atoms with van der Waals surface area (Å²) in [7, 11) is 2.24. The highest BCUT2D eigenvalue weighted by Crippen LogP contribution is 2.33. The number of nitrogens with one attached hydrogen (secondary N) is 1. The Morgan fingerprint density at radius 1 is 1.25 bits per heavy atom. The Morgan fingerprint density at radius 3 is 2.39 bits per heavy atom. The quantitative estimate of drug-likeness (QED) is 0.587. The number of alkyl halides is 3. The minimum Gasteiger partial charge on any atom is -0.358 e. The average Bonchev–Trinajstić information content (AvgIpc) is 2.59. The number of hydrogen-bond donors (Lipinski definition) is 1. The molecule has 0 aliphatic rings. The normalized spacial score (nSPS) is 12.7. The molecule has 0 aliphatic carbocycles. The van der Waals surface area contributed by atoms with Gasteiger partial charge in [-0.05, 0) is 19.1 Å². The smallest absolute Gasteiger partial charge is 0.358 e. The van der Waals surface area contributed by atoms with E-state index in [1.165, 1.54) is 7.05 Å². The van der Waals surface area contributed by atoms with Crippen molar-refractivity contribution >= 4 is 29.3 Å². The molecule has 1 atom stereocenters. The van der Waals surface area contributed by atoms with Crippen molar-refractivity contribution in [3.8, 4) is 5.69 Å². The first-order valence-electron chi connectivity index (χ1n) is 7.66. The van der Waals surface area contributed by atoms with Crippen LogP contribution in [0.25, 0.3) is 5.69 Å². The molecule has 6 nitrogen and oxygen atoms in total. The van der Waals surface area contributed by atoms with Crippen LogP contribution >= 0.6 is 23.4 Å². The van der Waals surface area contributed by atoms with E-state index in [-0.39, 0.29) is 31.0 Å². The van der Waals surface area contributed by atoms with Gasteiger partial charge >= 0.3 is 11.9 Å². The first kappa shape index (κ1) is 22.0. The highest BCUT2D eigenvalue weighted by molar-refractivity contribution is 8.00. The van der Waals surface area contributed by atoms with Gasteiger partial charge in [-0.15, -0.1) is 11.8 Å². The van der Waals surface area contributed by atoms with Crippen LogP contribution in [0.5, 0.6) is 0 Å². The number of nitrogens with zero attached hydrogens (tertiary/aromatic N) is 2. The molecular formula is C16H14ClF4N3O3S. The summed E-state index contributed by atoms with van der Waals surface area (Å²) < 4.78 is 53.7. The molecule has 1 amide bonds. The molecule has 1 heterocycles. The number of benzene rings is 1. The second kappa shape index (κ2) is 8.00. The van der Waals surface area contributed by atoms with Crippen molar-refractivity contribution in [3.05, 3.63) is 55.6 Å². The Labute approximate surface area is 165 Å². The van der Waals surface area contributed by atoms with Crippen molar-refractivity contribution in [2.75, 3.05) is 7.05 Å². The van der Waals surface area contributed by atoms with Gasteiger partial charge in [-0.25, -0.2) is 13.8 Å². The predicted molar refractivity (Wildman–Crippen MR) is 96.6 cm³/mol. The van der Waals surface area contributed by atoms with Gasteiger partial charge in [0.2, 0.25) is 5.91 Å². The van der Waals surface area contributed by atoms with Crippen LogP contribution in [0.4, 0.5) is 17.6 Å². The molecule has 152 valence electrons. The summed E-state index contributed by atoms with van der Waals surface area (Å²) in [6.07, 6.45) is -4.94. The van der Waals surface area contributed by atoms with Crippen molar-refractivity contribution in [1.29, 1.82) is 0 Å². The number of carbonyl (C=O) groups is 1. The van der Waals surface area contributed by atoms with Crippen molar-refractivity contribution in [2.45, 2.75) is 23.2 Å². The molecule has 28 heavy (non-hydrogen) atoms.